The highest BCUT2D eigenvalue weighted by Crippen LogP contribution is 2.40. The molecule has 0 unspecified atom stereocenters. The molecule has 0 atom stereocenters. The molecule has 0 aliphatic carbocycles. The number of benzene rings is 3. The van der Waals surface area contributed by atoms with E-state index in [9.17, 15) is 24.3 Å². The number of anilines is 1. The van der Waals surface area contributed by atoms with Gasteiger partial charge in [0, 0.05) is 42.3 Å². The second-order valence-electron chi connectivity index (χ2n) is 8.39. The number of aromatic hydroxyl groups is 1. The summed E-state index contributed by atoms with van der Waals surface area (Å²) in [4.78, 5) is 32.1. The number of aliphatic imine (C=N–C) groups is 1. The van der Waals surface area contributed by atoms with Crippen molar-refractivity contribution in [2.75, 3.05) is 31.5 Å². The highest BCUT2D eigenvalue weighted by Gasteiger charge is 2.26. The number of nitriles is 1. The Balaban J connectivity index is 1.87. The van der Waals surface area contributed by atoms with E-state index >= 15 is 0 Å². The van der Waals surface area contributed by atoms with Gasteiger partial charge in [0.05, 0.1) is 28.6 Å². The molecular weight excluding hydrogens is 509 g/mol. The van der Waals surface area contributed by atoms with Crippen LogP contribution in [0, 0.1) is 17.1 Å². The first-order valence-corrected chi connectivity index (χ1v) is 12.0. The summed E-state index contributed by atoms with van der Waals surface area (Å²) in [5.41, 5.74) is 1.71. The van der Waals surface area contributed by atoms with Gasteiger partial charge in [-0.05, 0) is 48.5 Å². The number of hydrogen-bond donors (Lipinski definition) is 2. The Bertz CT molecular complexity index is 1460. The van der Waals surface area contributed by atoms with E-state index in [1.165, 1.54) is 30.3 Å². The summed E-state index contributed by atoms with van der Waals surface area (Å²) in [6.45, 7) is 5.20. The highest BCUT2D eigenvalue weighted by atomic mass is 35.5. The van der Waals surface area contributed by atoms with E-state index in [-0.39, 0.29) is 33.5 Å². The summed E-state index contributed by atoms with van der Waals surface area (Å²) in [5, 5.41) is 22.4. The van der Waals surface area contributed by atoms with Gasteiger partial charge >= 0.3 is 0 Å². The number of halogens is 2. The number of amides is 2. The first-order valence-electron chi connectivity index (χ1n) is 11.6. The number of amidine groups is 1. The molecule has 1 fully saturated rings. The maximum absolute atomic E-state index is 14.7. The lowest BCUT2D eigenvalue weighted by Gasteiger charge is -2.36. The van der Waals surface area contributed by atoms with Crippen LogP contribution >= 0.6 is 11.6 Å². The summed E-state index contributed by atoms with van der Waals surface area (Å²) in [7, 11) is 0. The maximum Gasteiger partial charge on any atom is 0.246 e. The van der Waals surface area contributed by atoms with Gasteiger partial charge in [0.15, 0.2) is 0 Å². The fraction of sp³-hybridized carbons (Fsp3) is 0.143. The number of nitrogens with one attached hydrogen (secondary N) is 1. The van der Waals surface area contributed by atoms with Crippen LogP contribution in [0.4, 0.5) is 15.8 Å². The second-order valence-corrected chi connectivity index (χ2v) is 8.79. The van der Waals surface area contributed by atoms with Crippen molar-refractivity contribution in [3.05, 3.63) is 89.2 Å². The molecule has 1 aliphatic rings. The van der Waals surface area contributed by atoms with Crippen LogP contribution in [0.1, 0.15) is 11.1 Å². The van der Waals surface area contributed by atoms with Crippen LogP contribution in [0.3, 0.4) is 0 Å². The molecule has 1 saturated heterocycles. The monoisotopic (exact) mass is 531 g/mol. The van der Waals surface area contributed by atoms with Crippen molar-refractivity contribution < 1.29 is 19.1 Å². The van der Waals surface area contributed by atoms with Crippen LogP contribution in [-0.4, -0.2) is 59.2 Å². The van der Waals surface area contributed by atoms with Crippen molar-refractivity contribution in [3.8, 4) is 22.9 Å². The van der Waals surface area contributed by atoms with E-state index in [0.29, 0.717) is 55.2 Å². The van der Waals surface area contributed by atoms with Gasteiger partial charge in [0.1, 0.15) is 17.4 Å². The number of carbonyl (C=O) groups excluding carboxylic acids is 2. The highest BCUT2D eigenvalue weighted by molar-refractivity contribution is 6.34. The zero-order valence-corrected chi connectivity index (χ0v) is 21.0. The number of piperazine rings is 1. The molecule has 3 aromatic rings. The number of nitrogens with zero attached hydrogens (tertiary/aromatic N) is 4. The number of phenols is 1. The SMILES string of the molecule is C=CC(=O)N1CCN(/C(=N/c2cccc(C#N)c2)c2cc(Cl)c(-c3c(O)cccc3F)cc2NC=O)CC1. The third kappa shape index (κ3) is 5.51. The van der Waals surface area contributed by atoms with E-state index in [0.717, 1.165) is 0 Å². The van der Waals surface area contributed by atoms with Gasteiger partial charge in [-0.15, -0.1) is 0 Å². The lowest BCUT2D eigenvalue weighted by Crippen LogP contribution is -2.50. The molecule has 38 heavy (non-hydrogen) atoms. The first-order chi connectivity index (χ1) is 18.4. The normalized spacial score (nSPS) is 13.6. The molecule has 0 bridgehead atoms. The predicted molar refractivity (Wildman–Crippen MR) is 144 cm³/mol. The molecule has 2 amide bonds. The van der Waals surface area contributed by atoms with Gasteiger partial charge in [0.2, 0.25) is 12.3 Å². The zero-order chi connectivity index (χ0) is 27.2. The fourth-order valence-corrected chi connectivity index (χ4v) is 4.51. The summed E-state index contributed by atoms with van der Waals surface area (Å²) < 4.78 is 14.7. The third-order valence-electron chi connectivity index (χ3n) is 6.10. The Morgan fingerprint density at radius 1 is 1.13 bits per heavy atom. The van der Waals surface area contributed by atoms with Gasteiger partial charge in [0.25, 0.3) is 0 Å². The quantitative estimate of drug-likeness (QED) is 0.207. The molecule has 1 aliphatic heterocycles. The maximum atomic E-state index is 14.7. The van der Waals surface area contributed by atoms with Crippen LogP contribution in [-0.2, 0) is 9.59 Å². The second kappa shape index (κ2) is 11.6. The van der Waals surface area contributed by atoms with Crippen molar-refractivity contribution >= 4 is 41.1 Å². The van der Waals surface area contributed by atoms with E-state index in [4.69, 9.17) is 16.6 Å². The molecule has 4 rings (SSSR count). The Morgan fingerprint density at radius 2 is 1.84 bits per heavy atom. The minimum absolute atomic E-state index is 0.102. The molecule has 3 aromatic carbocycles. The number of carbonyl (C=O) groups is 2. The molecular formula is C28H23ClFN5O3. The standard InChI is InChI=1S/C28H23ClFN5O3/c1-2-26(38)34-9-11-35(12-10-34)28(33-19-6-3-5-18(13-19)16-31)21-14-22(29)20(15-24(21)32-17-36)27-23(30)7-4-8-25(27)37/h2-8,13-15,17,37H,1,9-12H2,(H,32,36)/b33-28+. The van der Waals surface area contributed by atoms with Gasteiger partial charge in [-0.2, -0.15) is 5.26 Å². The van der Waals surface area contributed by atoms with Crippen LogP contribution in [0.25, 0.3) is 11.1 Å². The average molecular weight is 532 g/mol. The van der Waals surface area contributed by atoms with E-state index in [2.05, 4.69) is 18.0 Å². The topological polar surface area (TPSA) is 109 Å². The number of rotatable bonds is 6. The Hall–Kier alpha value is -4.68. The summed E-state index contributed by atoms with van der Waals surface area (Å²) in [6, 6.07) is 15.7. The molecule has 1 heterocycles. The van der Waals surface area contributed by atoms with Crippen molar-refractivity contribution in [1.82, 2.24) is 9.80 Å². The van der Waals surface area contributed by atoms with Crippen molar-refractivity contribution in [1.29, 1.82) is 5.26 Å². The number of phenolic OH excluding ortho intramolecular Hbond substituents is 1. The van der Waals surface area contributed by atoms with E-state index < -0.39 is 5.82 Å². The molecule has 2 N–H and O–H groups in total. The minimum atomic E-state index is -0.679. The molecule has 0 radical (unpaired) electrons. The summed E-state index contributed by atoms with van der Waals surface area (Å²) in [5.74, 6) is -0.726. The smallest absolute Gasteiger partial charge is 0.246 e. The largest absolute Gasteiger partial charge is 0.507 e. The van der Waals surface area contributed by atoms with Gasteiger partial charge < -0.3 is 20.2 Å². The Morgan fingerprint density at radius 3 is 2.50 bits per heavy atom. The van der Waals surface area contributed by atoms with Crippen molar-refractivity contribution in [2.45, 2.75) is 0 Å². The third-order valence-corrected chi connectivity index (χ3v) is 6.41. The molecule has 8 nitrogen and oxygen atoms in total. The van der Waals surface area contributed by atoms with Crippen LogP contribution in [0.2, 0.25) is 5.02 Å². The first kappa shape index (κ1) is 26.4. The van der Waals surface area contributed by atoms with Crippen LogP contribution < -0.4 is 5.32 Å². The fourth-order valence-electron chi connectivity index (χ4n) is 4.25. The summed E-state index contributed by atoms with van der Waals surface area (Å²) in [6.07, 6.45) is 1.74. The van der Waals surface area contributed by atoms with Crippen LogP contribution in [0.15, 0.2) is 72.2 Å². The molecule has 192 valence electrons. The number of hydrogen-bond acceptors (Lipinski definition) is 5. The van der Waals surface area contributed by atoms with Gasteiger partial charge in [-0.3, -0.25) is 9.59 Å². The lowest BCUT2D eigenvalue weighted by molar-refractivity contribution is -0.127. The van der Waals surface area contributed by atoms with E-state index in [1.807, 2.05) is 4.90 Å². The predicted octanol–water partition coefficient (Wildman–Crippen LogP) is 4.70. The van der Waals surface area contributed by atoms with Gasteiger partial charge in [-0.1, -0.05) is 30.3 Å². The lowest BCUT2D eigenvalue weighted by atomic mass is 9.99. The zero-order valence-electron chi connectivity index (χ0n) is 20.2. The minimum Gasteiger partial charge on any atom is -0.507 e. The molecule has 0 spiro atoms. The average Bonchev–Trinajstić information content (AvgIpc) is 2.93. The van der Waals surface area contributed by atoms with Gasteiger partial charge in [-0.25, -0.2) is 9.38 Å². The summed E-state index contributed by atoms with van der Waals surface area (Å²) >= 11 is 6.62. The van der Waals surface area contributed by atoms with E-state index in [1.54, 1.807) is 35.2 Å². The Kier molecular flexibility index (Phi) is 8.04. The molecule has 0 saturated carbocycles. The Labute approximate surface area is 223 Å². The van der Waals surface area contributed by atoms with Crippen molar-refractivity contribution in [2.24, 2.45) is 4.99 Å². The molecule has 0 aromatic heterocycles. The van der Waals surface area contributed by atoms with Crippen molar-refractivity contribution in [3.63, 3.8) is 0 Å². The van der Waals surface area contributed by atoms with Crippen LogP contribution in [0.5, 0.6) is 5.75 Å². The molecule has 10 heteroatoms.